The summed E-state index contributed by atoms with van der Waals surface area (Å²) < 4.78 is 15.8. The van der Waals surface area contributed by atoms with Crippen LogP contribution in [-0.2, 0) is 11.3 Å². The first-order valence-corrected chi connectivity index (χ1v) is 12.8. The van der Waals surface area contributed by atoms with Gasteiger partial charge in [-0.1, -0.05) is 32.0 Å². The standard InChI is InChI=1S/C29H32FN5O4/c1-18(2)28-34-26(24-12-14-31-29(33-24)32-21-6-4-3-5-7-21)27(19-8-10-20(30)11-9-19)35(28)15-13-22(36)16-23(37)17-25(38)39/h3-12,14,18,22-23,36-37H,13,15-17H2,1-2H3,(H,38,39)(H,31,32,33)/t22-,23-/m1/s1. The van der Waals surface area contributed by atoms with E-state index in [1.807, 2.05) is 48.7 Å². The predicted molar refractivity (Wildman–Crippen MR) is 146 cm³/mol. The highest BCUT2D eigenvalue weighted by Gasteiger charge is 2.24. The van der Waals surface area contributed by atoms with Gasteiger partial charge in [-0.25, -0.2) is 19.3 Å². The number of aliphatic hydroxyl groups excluding tert-OH is 2. The molecule has 0 radical (unpaired) electrons. The molecule has 0 saturated carbocycles. The first-order chi connectivity index (χ1) is 18.7. The molecule has 0 unspecified atom stereocenters. The summed E-state index contributed by atoms with van der Waals surface area (Å²) in [5.74, 6) is -0.335. The molecule has 2 atom stereocenters. The molecule has 0 bridgehead atoms. The summed E-state index contributed by atoms with van der Waals surface area (Å²) in [6.07, 6.45) is -0.663. The molecule has 0 aliphatic rings. The second-order valence-electron chi connectivity index (χ2n) is 9.67. The molecule has 4 rings (SSSR count). The number of nitrogens with zero attached hydrogens (tertiary/aromatic N) is 4. The number of imidazole rings is 1. The van der Waals surface area contributed by atoms with Gasteiger partial charge < -0.3 is 25.2 Å². The first-order valence-electron chi connectivity index (χ1n) is 12.8. The number of halogens is 1. The van der Waals surface area contributed by atoms with E-state index >= 15 is 0 Å². The molecule has 4 N–H and O–H groups in total. The Balaban J connectivity index is 1.73. The molecule has 0 amide bonds. The lowest BCUT2D eigenvalue weighted by Crippen LogP contribution is -2.22. The highest BCUT2D eigenvalue weighted by Crippen LogP contribution is 2.35. The summed E-state index contributed by atoms with van der Waals surface area (Å²) in [4.78, 5) is 24.9. The van der Waals surface area contributed by atoms with E-state index < -0.39 is 24.6 Å². The second-order valence-corrected chi connectivity index (χ2v) is 9.67. The van der Waals surface area contributed by atoms with Gasteiger partial charge in [0.2, 0.25) is 5.95 Å². The van der Waals surface area contributed by atoms with Crippen LogP contribution in [0.3, 0.4) is 0 Å². The van der Waals surface area contributed by atoms with Gasteiger partial charge in [0, 0.05) is 29.9 Å². The highest BCUT2D eigenvalue weighted by atomic mass is 19.1. The van der Waals surface area contributed by atoms with Crippen LogP contribution < -0.4 is 5.32 Å². The van der Waals surface area contributed by atoms with Crippen molar-refractivity contribution in [2.45, 2.75) is 57.8 Å². The van der Waals surface area contributed by atoms with Crippen LogP contribution in [0.4, 0.5) is 16.0 Å². The molecular weight excluding hydrogens is 501 g/mol. The summed E-state index contributed by atoms with van der Waals surface area (Å²) in [5, 5.41) is 32.6. The van der Waals surface area contributed by atoms with E-state index in [1.165, 1.54) is 12.1 Å². The van der Waals surface area contributed by atoms with Gasteiger partial charge in [0.15, 0.2) is 0 Å². The van der Waals surface area contributed by atoms with Crippen LogP contribution >= 0.6 is 0 Å². The molecule has 2 aromatic heterocycles. The lowest BCUT2D eigenvalue weighted by molar-refractivity contribution is -0.139. The Morgan fingerprint density at radius 1 is 1.00 bits per heavy atom. The van der Waals surface area contributed by atoms with E-state index in [2.05, 4.69) is 10.3 Å². The van der Waals surface area contributed by atoms with Crippen LogP contribution in [0.5, 0.6) is 0 Å². The summed E-state index contributed by atoms with van der Waals surface area (Å²) in [6, 6.07) is 17.4. The minimum absolute atomic E-state index is 0.0106. The van der Waals surface area contributed by atoms with E-state index in [4.69, 9.17) is 15.1 Å². The Hall–Kier alpha value is -4.15. The number of rotatable bonds is 12. The zero-order chi connectivity index (χ0) is 27.9. The van der Waals surface area contributed by atoms with Gasteiger partial charge in [-0.2, -0.15) is 0 Å². The number of aromatic nitrogens is 4. The molecule has 0 aliphatic carbocycles. The number of carbonyl (C=O) groups is 1. The van der Waals surface area contributed by atoms with Crippen molar-refractivity contribution >= 4 is 17.6 Å². The van der Waals surface area contributed by atoms with Gasteiger partial charge in [0.1, 0.15) is 17.3 Å². The maximum absolute atomic E-state index is 13.8. The van der Waals surface area contributed by atoms with Crippen molar-refractivity contribution in [2.75, 3.05) is 5.32 Å². The molecule has 0 aliphatic heterocycles. The Bertz CT molecular complexity index is 1390. The molecule has 4 aromatic rings. The van der Waals surface area contributed by atoms with Gasteiger partial charge in [-0.05, 0) is 55.3 Å². The minimum Gasteiger partial charge on any atom is -0.481 e. The van der Waals surface area contributed by atoms with Gasteiger partial charge in [-0.15, -0.1) is 0 Å². The highest BCUT2D eigenvalue weighted by molar-refractivity contribution is 5.78. The minimum atomic E-state index is -1.14. The zero-order valence-electron chi connectivity index (χ0n) is 21.8. The fourth-order valence-electron chi connectivity index (χ4n) is 4.41. The Labute approximate surface area is 226 Å². The number of nitrogens with one attached hydrogen (secondary N) is 1. The normalized spacial score (nSPS) is 12.9. The summed E-state index contributed by atoms with van der Waals surface area (Å²) in [6.45, 7) is 4.35. The van der Waals surface area contributed by atoms with Crippen LogP contribution in [0, 0.1) is 5.82 Å². The fraction of sp³-hybridized carbons (Fsp3) is 0.310. The molecule has 0 fully saturated rings. The molecule has 2 aromatic carbocycles. The Morgan fingerprint density at radius 2 is 1.72 bits per heavy atom. The van der Waals surface area contributed by atoms with Crippen molar-refractivity contribution in [3.63, 3.8) is 0 Å². The number of carboxylic acid groups (broad SMARTS) is 1. The van der Waals surface area contributed by atoms with Crippen LogP contribution in [0.15, 0.2) is 66.9 Å². The van der Waals surface area contributed by atoms with Crippen LogP contribution in [0.1, 0.15) is 44.9 Å². The number of aliphatic carboxylic acids is 1. The number of hydrogen-bond acceptors (Lipinski definition) is 7. The Kier molecular flexibility index (Phi) is 9.00. The number of para-hydroxylation sites is 1. The number of aliphatic hydroxyl groups is 2. The molecular formula is C29H32FN5O4. The molecule has 2 heterocycles. The first kappa shape index (κ1) is 27.9. The lowest BCUT2D eigenvalue weighted by Gasteiger charge is -2.18. The van der Waals surface area contributed by atoms with Crippen molar-refractivity contribution in [3.05, 3.63) is 78.5 Å². The summed E-state index contributed by atoms with van der Waals surface area (Å²) in [7, 11) is 0. The molecule has 0 saturated heterocycles. The number of carboxylic acids is 1. The summed E-state index contributed by atoms with van der Waals surface area (Å²) >= 11 is 0. The molecule has 10 heteroatoms. The monoisotopic (exact) mass is 533 g/mol. The van der Waals surface area contributed by atoms with Crippen molar-refractivity contribution in [1.82, 2.24) is 19.5 Å². The average Bonchev–Trinajstić information content (AvgIpc) is 3.28. The zero-order valence-corrected chi connectivity index (χ0v) is 21.8. The van der Waals surface area contributed by atoms with E-state index in [0.29, 0.717) is 29.6 Å². The Morgan fingerprint density at radius 3 is 2.38 bits per heavy atom. The van der Waals surface area contributed by atoms with Crippen LogP contribution in [-0.4, -0.2) is 53.0 Å². The van der Waals surface area contributed by atoms with E-state index in [9.17, 15) is 19.4 Å². The van der Waals surface area contributed by atoms with Gasteiger partial charge >= 0.3 is 5.97 Å². The van der Waals surface area contributed by atoms with Crippen molar-refractivity contribution in [3.8, 4) is 22.6 Å². The number of hydrogen-bond donors (Lipinski definition) is 4. The third-order valence-electron chi connectivity index (χ3n) is 6.20. The molecule has 0 spiro atoms. The number of benzene rings is 2. The van der Waals surface area contributed by atoms with Crippen molar-refractivity contribution in [1.29, 1.82) is 0 Å². The van der Waals surface area contributed by atoms with Crippen LogP contribution in [0.2, 0.25) is 0 Å². The predicted octanol–water partition coefficient (Wildman–Crippen LogP) is 4.99. The van der Waals surface area contributed by atoms with E-state index in [0.717, 1.165) is 17.1 Å². The van der Waals surface area contributed by atoms with Gasteiger partial charge in [0.25, 0.3) is 0 Å². The molecule has 9 nitrogen and oxygen atoms in total. The maximum Gasteiger partial charge on any atom is 0.305 e. The van der Waals surface area contributed by atoms with Crippen molar-refractivity contribution < 1.29 is 24.5 Å². The lowest BCUT2D eigenvalue weighted by atomic mass is 10.1. The van der Waals surface area contributed by atoms with E-state index in [-0.39, 0.29) is 24.6 Å². The maximum atomic E-state index is 13.8. The molecule has 204 valence electrons. The second kappa shape index (κ2) is 12.6. The quantitative estimate of drug-likeness (QED) is 0.200. The average molecular weight is 534 g/mol. The summed E-state index contributed by atoms with van der Waals surface area (Å²) in [5.41, 5.74) is 3.43. The van der Waals surface area contributed by atoms with E-state index in [1.54, 1.807) is 24.4 Å². The third-order valence-corrected chi connectivity index (χ3v) is 6.20. The van der Waals surface area contributed by atoms with Crippen LogP contribution in [0.25, 0.3) is 22.6 Å². The fourth-order valence-corrected chi connectivity index (χ4v) is 4.41. The third kappa shape index (κ3) is 7.24. The topological polar surface area (TPSA) is 133 Å². The number of anilines is 2. The smallest absolute Gasteiger partial charge is 0.305 e. The SMILES string of the molecule is CC(C)c1nc(-c2ccnc(Nc3ccccc3)n2)c(-c2ccc(F)cc2)n1CC[C@@H](O)C[C@@H](O)CC(=O)O. The van der Waals surface area contributed by atoms with Crippen molar-refractivity contribution in [2.24, 2.45) is 0 Å². The van der Waals surface area contributed by atoms with Gasteiger partial charge in [-0.3, -0.25) is 4.79 Å². The largest absolute Gasteiger partial charge is 0.481 e. The molecule has 39 heavy (non-hydrogen) atoms. The van der Waals surface area contributed by atoms with Gasteiger partial charge in [0.05, 0.1) is 30.0 Å².